The predicted octanol–water partition coefficient (Wildman–Crippen LogP) is 3.15. The lowest BCUT2D eigenvalue weighted by molar-refractivity contribution is -0.131. The standard InChI is InChI=1S/C15H19NO3S/c1-15(2)9-3-4-12(15)16-14(19)11-7-5-10(20-11)6-8-13(17)18/h5-8,12H,3-4,9H2,1-2H3,(H,16,19)(H,17,18). The number of thiophene rings is 1. The normalized spacial score (nSPS) is 21.2. The third-order valence-electron chi connectivity index (χ3n) is 3.80. The number of nitrogens with one attached hydrogen (secondary N) is 1. The summed E-state index contributed by atoms with van der Waals surface area (Å²) in [5, 5.41) is 11.7. The summed E-state index contributed by atoms with van der Waals surface area (Å²) in [6.45, 7) is 4.36. The Morgan fingerprint density at radius 1 is 1.45 bits per heavy atom. The van der Waals surface area contributed by atoms with E-state index in [0.29, 0.717) is 4.88 Å². The van der Waals surface area contributed by atoms with Crippen molar-refractivity contribution in [1.82, 2.24) is 5.32 Å². The molecule has 1 aromatic rings. The average molecular weight is 293 g/mol. The van der Waals surface area contributed by atoms with E-state index in [1.807, 2.05) is 0 Å². The molecule has 0 spiro atoms. The first-order chi connectivity index (χ1) is 9.38. The number of carbonyl (C=O) groups excluding carboxylic acids is 1. The zero-order chi connectivity index (χ0) is 14.8. The van der Waals surface area contributed by atoms with Crippen LogP contribution in [0.3, 0.4) is 0 Å². The van der Waals surface area contributed by atoms with E-state index in [2.05, 4.69) is 19.2 Å². The van der Waals surface area contributed by atoms with Crippen molar-refractivity contribution in [3.63, 3.8) is 0 Å². The van der Waals surface area contributed by atoms with E-state index in [9.17, 15) is 9.59 Å². The van der Waals surface area contributed by atoms with Gasteiger partial charge in [0.15, 0.2) is 0 Å². The third-order valence-corrected chi connectivity index (χ3v) is 4.85. The van der Waals surface area contributed by atoms with Crippen LogP contribution in [0.2, 0.25) is 0 Å². The van der Waals surface area contributed by atoms with Crippen molar-refractivity contribution in [1.29, 1.82) is 0 Å². The summed E-state index contributed by atoms with van der Waals surface area (Å²) in [5.41, 5.74) is 0.152. The third kappa shape index (κ3) is 3.48. The van der Waals surface area contributed by atoms with Gasteiger partial charge in [-0.25, -0.2) is 4.79 Å². The first-order valence-corrected chi connectivity index (χ1v) is 7.52. The topological polar surface area (TPSA) is 66.4 Å². The zero-order valence-corrected chi connectivity index (χ0v) is 12.5. The lowest BCUT2D eigenvalue weighted by Gasteiger charge is -2.27. The molecule has 1 unspecified atom stereocenters. The van der Waals surface area contributed by atoms with Gasteiger partial charge in [-0.3, -0.25) is 4.79 Å². The Bertz CT molecular complexity index is 545. The van der Waals surface area contributed by atoms with E-state index in [1.54, 1.807) is 12.1 Å². The average Bonchev–Trinajstić information content (AvgIpc) is 2.94. The van der Waals surface area contributed by atoms with Gasteiger partial charge in [-0.1, -0.05) is 20.3 Å². The van der Waals surface area contributed by atoms with Crippen LogP contribution < -0.4 is 5.32 Å². The number of carboxylic acid groups (broad SMARTS) is 1. The number of amides is 1. The number of aliphatic carboxylic acids is 1. The highest BCUT2D eigenvalue weighted by molar-refractivity contribution is 7.14. The van der Waals surface area contributed by atoms with Gasteiger partial charge in [-0.15, -0.1) is 11.3 Å². The number of rotatable bonds is 4. The Hall–Kier alpha value is -1.62. The SMILES string of the molecule is CC1(C)CCCC1NC(=O)c1ccc(C=CC(=O)O)s1. The number of hydrogen-bond acceptors (Lipinski definition) is 3. The van der Waals surface area contributed by atoms with Crippen molar-refractivity contribution >= 4 is 29.3 Å². The Labute approximate surface area is 122 Å². The second kappa shape index (κ2) is 5.79. The van der Waals surface area contributed by atoms with E-state index in [0.717, 1.165) is 30.2 Å². The molecule has 1 aromatic heterocycles. The zero-order valence-electron chi connectivity index (χ0n) is 11.7. The summed E-state index contributed by atoms with van der Waals surface area (Å²) < 4.78 is 0. The molecule has 0 saturated heterocycles. The van der Waals surface area contributed by atoms with Crippen LogP contribution in [0.1, 0.15) is 47.7 Å². The van der Waals surface area contributed by atoms with Crippen molar-refractivity contribution in [3.05, 3.63) is 28.0 Å². The molecule has 1 aliphatic carbocycles. The summed E-state index contributed by atoms with van der Waals surface area (Å²) in [6, 6.07) is 3.72. The lowest BCUT2D eigenvalue weighted by atomic mass is 9.87. The van der Waals surface area contributed by atoms with Crippen LogP contribution in [-0.2, 0) is 4.79 Å². The van der Waals surface area contributed by atoms with Gasteiger partial charge in [0.25, 0.3) is 5.91 Å². The van der Waals surface area contributed by atoms with Crippen molar-refractivity contribution in [3.8, 4) is 0 Å². The maximum Gasteiger partial charge on any atom is 0.328 e. The summed E-state index contributed by atoms with van der Waals surface area (Å²) >= 11 is 1.30. The van der Waals surface area contributed by atoms with Crippen LogP contribution in [-0.4, -0.2) is 23.0 Å². The Kier molecular flexibility index (Phi) is 4.28. The molecular weight excluding hydrogens is 274 g/mol. The van der Waals surface area contributed by atoms with Gasteiger partial charge in [0, 0.05) is 17.0 Å². The van der Waals surface area contributed by atoms with Gasteiger partial charge in [0.05, 0.1) is 4.88 Å². The molecule has 0 bridgehead atoms. The van der Waals surface area contributed by atoms with Gasteiger partial charge < -0.3 is 10.4 Å². The largest absolute Gasteiger partial charge is 0.478 e. The molecule has 1 amide bonds. The fraction of sp³-hybridized carbons (Fsp3) is 0.467. The second-order valence-corrected chi connectivity index (χ2v) is 6.90. The highest BCUT2D eigenvalue weighted by Gasteiger charge is 2.35. The van der Waals surface area contributed by atoms with Gasteiger partial charge in [-0.2, -0.15) is 0 Å². The maximum absolute atomic E-state index is 12.2. The second-order valence-electron chi connectivity index (χ2n) is 5.78. The van der Waals surface area contributed by atoms with E-state index in [1.165, 1.54) is 17.4 Å². The molecular formula is C15H19NO3S. The summed E-state index contributed by atoms with van der Waals surface area (Å²) in [7, 11) is 0. The van der Waals surface area contributed by atoms with Crippen LogP contribution in [0.15, 0.2) is 18.2 Å². The Morgan fingerprint density at radius 2 is 2.20 bits per heavy atom. The van der Waals surface area contributed by atoms with Gasteiger partial charge in [0.2, 0.25) is 0 Å². The molecule has 4 nitrogen and oxygen atoms in total. The molecule has 0 radical (unpaired) electrons. The van der Waals surface area contributed by atoms with Crippen molar-refractivity contribution < 1.29 is 14.7 Å². The first kappa shape index (κ1) is 14.8. The van der Waals surface area contributed by atoms with Crippen molar-refractivity contribution in [2.75, 3.05) is 0 Å². The minimum atomic E-state index is -0.989. The molecule has 1 fully saturated rings. The summed E-state index contributed by atoms with van der Waals surface area (Å²) in [6.07, 6.45) is 5.89. The van der Waals surface area contributed by atoms with E-state index in [4.69, 9.17) is 5.11 Å². The van der Waals surface area contributed by atoms with Crippen LogP contribution in [0.4, 0.5) is 0 Å². The molecule has 0 aromatic carbocycles. The number of hydrogen-bond donors (Lipinski definition) is 2. The summed E-state index contributed by atoms with van der Waals surface area (Å²) in [4.78, 5) is 24.0. The molecule has 1 atom stereocenters. The molecule has 108 valence electrons. The molecule has 0 aliphatic heterocycles. The molecule has 1 heterocycles. The molecule has 20 heavy (non-hydrogen) atoms. The number of carbonyl (C=O) groups is 2. The smallest absolute Gasteiger partial charge is 0.328 e. The maximum atomic E-state index is 12.2. The van der Waals surface area contributed by atoms with Gasteiger partial charge >= 0.3 is 5.97 Å². The first-order valence-electron chi connectivity index (χ1n) is 6.70. The van der Waals surface area contributed by atoms with Crippen LogP contribution >= 0.6 is 11.3 Å². The van der Waals surface area contributed by atoms with E-state index in [-0.39, 0.29) is 17.4 Å². The van der Waals surface area contributed by atoms with Gasteiger partial charge in [0.1, 0.15) is 0 Å². The predicted molar refractivity (Wildman–Crippen MR) is 79.9 cm³/mol. The minimum absolute atomic E-state index is 0.0649. The Balaban J connectivity index is 2.01. The highest BCUT2D eigenvalue weighted by atomic mass is 32.1. The van der Waals surface area contributed by atoms with Crippen LogP contribution in [0.25, 0.3) is 6.08 Å². The quantitative estimate of drug-likeness (QED) is 0.838. The monoisotopic (exact) mass is 293 g/mol. The van der Waals surface area contributed by atoms with Crippen molar-refractivity contribution in [2.24, 2.45) is 5.41 Å². The fourth-order valence-corrected chi connectivity index (χ4v) is 3.36. The molecule has 5 heteroatoms. The highest BCUT2D eigenvalue weighted by Crippen LogP contribution is 2.37. The van der Waals surface area contributed by atoms with E-state index < -0.39 is 5.97 Å². The Morgan fingerprint density at radius 3 is 2.80 bits per heavy atom. The molecule has 2 N–H and O–H groups in total. The van der Waals surface area contributed by atoms with Crippen molar-refractivity contribution in [2.45, 2.75) is 39.2 Å². The number of carboxylic acids is 1. The molecule has 1 saturated carbocycles. The fourth-order valence-electron chi connectivity index (χ4n) is 2.54. The van der Waals surface area contributed by atoms with Crippen LogP contribution in [0.5, 0.6) is 0 Å². The molecule has 1 aliphatic rings. The van der Waals surface area contributed by atoms with E-state index >= 15 is 0 Å². The molecule has 2 rings (SSSR count). The summed E-state index contributed by atoms with van der Waals surface area (Å²) in [5.74, 6) is -1.05. The minimum Gasteiger partial charge on any atom is -0.478 e. The van der Waals surface area contributed by atoms with Gasteiger partial charge in [-0.05, 0) is 36.5 Å². The lowest BCUT2D eigenvalue weighted by Crippen LogP contribution is -2.41. The van der Waals surface area contributed by atoms with Crippen LogP contribution in [0, 0.1) is 5.41 Å².